The van der Waals surface area contributed by atoms with Gasteiger partial charge in [0.2, 0.25) is 5.88 Å². The molecule has 6 nitrogen and oxygen atoms in total. The van der Waals surface area contributed by atoms with Crippen LogP contribution >= 0.6 is 24.0 Å². The monoisotopic (exact) mass is 506 g/mol. The molecule has 3 rings (SSSR count). The zero-order valence-corrected chi connectivity index (χ0v) is 18.8. The van der Waals surface area contributed by atoms with Crippen LogP contribution in [0.2, 0.25) is 0 Å². The van der Waals surface area contributed by atoms with Crippen LogP contribution in [-0.2, 0) is 19.6 Å². The maximum absolute atomic E-state index is 5.91. The van der Waals surface area contributed by atoms with Gasteiger partial charge in [-0.1, -0.05) is 36.4 Å². The van der Waals surface area contributed by atoms with Crippen molar-refractivity contribution in [1.82, 2.24) is 15.6 Å². The topological polar surface area (TPSA) is 71.7 Å². The highest BCUT2D eigenvalue weighted by Crippen LogP contribution is 2.17. The van der Waals surface area contributed by atoms with E-state index in [0.29, 0.717) is 19.0 Å². The highest BCUT2D eigenvalue weighted by Gasteiger charge is 2.06. The molecule has 0 saturated heterocycles. The fourth-order valence-electron chi connectivity index (χ4n) is 2.67. The van der Waals surface area contributed by atoms with Crippen LogP contribution in [0.3, 0.4) is 0 Å². The quantitative estimate of drug-likeness (QED) is 0.259. The first-order valence-corrected chi connectivity index (χ1v) is 9.50. The normalized spacial score (nSPS) is 10.9. The summed E-state index contributed by atoms with van der Waals surface area (Å²) in [6.45, 7) is 4.53. The van der Waals surface area contributed by atoms with Crippen LogP contribution in [0, 0.1) is 0 Å². The van der Waals surface area contributed by atoms with E-state index in [1.54, 1.807) is 12.5 Å². The minimum Gasteiger partial charge on any atom is -0.473 e. The zero-order chi connectivity index (χ0) is 19.4. The van der Waals surface area contributed by atoms with E-state index in [-0.39, 0.29) is 24.0 Å². The molecule has 2 aromatic heterocycles. The molecule has 0 saturated carbocycles. The summed E-state index contributed by atoms with van der Waals surface area (Å²) in [5.41, 5.74) is 2.05. The molecule has 0 aliphatic heterocycles. The lowest BCUT2D eigenvalue weighted by Crippen LogP contribution is -2.38. The van der Waals surface area contributed by atoms with E-state index in [2.05, 4.69) is 20.6 Å². The smallest absolute Gasteiger partial charge is 0.218 e. The largest absolute Gasteiger partial charge is 0.473 e. The van der Waals surface area contributed by atoms with Crippen LogP contribution < -0.4 is 15.4 Å². The Kier molecular flexibility index (Phi) is 10.1. The molecule has 0 aliphatic carbocycles. The van der Waals surface area contributed by atoms with Crippen molar-refractivity contribution in [2.24, 2.45) is 4.99 Å². The number of aliphatic imine (C=N–C) groups is 1. The number of benzene rings is 1. The number of nitrogens with zero attached hydrogens (tertiary/aromatic N) is 2. The summed E-state index contributed by atoms with van der Waals surface area (Å²) in [5, 5.41) is 6.58. The van der Waals surface area contributed by atoms with E-state index < -0.39 is 0 Å². The lowest BCUT2D eigenvalue weighted by molar-refractivity contribution is 0.290. The number of ether oxygens (including phenoxy) is 1. The predicted octanol–water partition coefficient (Wildman–Crippen LogP) is 4.17. The summed E-state index contributed by atoms with van der Waals surface area (Å²) in [5.74, 6) is 2.32. The van der Waals surface area contributed by atoms with E-state index in [1.165, 1.54) is 0 Å². The molecule has 0 spiro atoms. The number of pyridine rings is 1. The number of aromatic nitrogens is 1. The van der Waals surface area contributed by atoms with Gasteiger partial charge in [0.15, 0.2) is 5.96 Å². The Balaban J connectivity index is 0.00000300. The maximum atomic E-state index is 5.91. The molecular weight excluding hydrogens is 479 g/mol. The minimum atomic E-state index is 0. The predicted molar refractivity (Wildman–Crippen MR) is 126 cm³/mol. The van der Waals surface area contributed by atoms with E-state index in [9.17, 15) is 0 Å². The number of rotatable bonds is 9. The third-order valence-corrected chi connectivity index (χ3v) is 4.06. The van der Waals surface area contributed by atoms with Crippen LogP contribution in [0.15, 0.2) is 76.5 Å². The lowest BCUT2D eigenvalue weighted by atomic mass is 10.2. The van der Waals surface area contributed by atoms with E-state index in [0.717, 1.165) is 42.4 Å². The second-order valence-electron chi connectivity index (χ2n) is 6.19. The van der Waals surface area contributed by atoms with Gasteiger partial charge in [-0.25, -0.2) is 9.98 Å². The van der Waals surface area contributed by atoms with E-state index >= 15 is 0 Å². The number of furan rings is 1. The molecule has 0 fully saturated rings. The SMILES string of the molecule is CCNC(=NCc1cccnc1OCc1ccccc1)NCCc1ccco1.I. The van der Waals surface area contributed by atoms with Crippen molar-refractivity contribution < 1.29 is 9.15 Å². The van der Waals surface area contributed by atoms with Gasteiger partial charge in [0.25, 0.3) is 0 Å². The Labute approximate surface area is 188 Å². The van der Waals surface area contributed by atoms with Gasteiger partial charge in [-0.05, 0) is 30.7 Å². The van der Waals surface area contributed by atoms with Crippen LogP contribution in [0.1, 0.15) is 23.8 Å². The third kappa shape index (κ3) is 7.77. The molecule has 0 bridgehead atoms. The lowest BCUT2D eigenvalue weighted by Gasteiger charge is -2.12. The Hall–Kier alpha value is -2.55. The van der Waals surface area contributed by atoms with Gasteiger partial charge in [-0.3, -0.25) is 0 Å². The average Bonchev–Trinajstić information content (AvgIpc) is 3.25. The van der Waals surface area contributed by atoms with Crippen molar-refractivity contribution in [1.29, 1.82) is 0 Å². The van der Waals surface area contributed by atoms with Crippen LogP contribution in [0.25, 0.3) is 0 Å². The highest BCUT2D eigenvalue weighted by molar-refractivity contribution is 14.0. The van der Waals surface area contributed by atoms with Gasteiger partial charge in [-0.15, -0.1) is 24.0 Å². The molecule has 0 atom stereocenters. The van der Waals surface area contributed by atoms with Gasteiger partial charge in [-0.2, -0.15) is 0 Å². The number of nitrogens with one attached hydrogen (secondary N) is 2. The summed E-state index contributed by atoms with van der Waals surface area (Å²) >= 11 is 0. The summed E-state index contributed by atoms with van der Waals surface area (Å²) in [4.78, 5) is 9.03. The first kappa shape index (κ1) is 22.7. The standard InChI is InChI=1S/C22H26N4O2.HI/c1-2-23-22(25-14-12-20-11-7-15-27-20)26-16-19-10-6-13-24-21(19)28-17-18-8-4-3-5-9-18;/h3-11,13,15H,2,12,14,16-17H2,1H3,(H2,23,25,26);1H. The molecule has 154 valence electrons. The minimum absolute atomic E-state index is 0. The van der Waals surface area contributed by atoms with Crippen molar-refractivity contribution in [3.8, 4) is 5.88 Å². The average molecular weight is 506 g/mol. The molecule has 29 heavy (non-hydrogen) atoms. The zero-order valence-electron chi connectivity index (χ0n) is 16.5. The molecule has 2 heterocycles. The summed E-state index contributed by atoms with van der Waals surface area (Å²) in [6, 6.07) is 17.8. The molecule has 7 heteroatoms. The van der Waals surface area contributed by atoms with Crippen molar-refractivity contribution in [2.75, 3.05) is 13.1 Å². The first-order chi connectivity index (χ1) is 13.8. The van der Waals surface area contributed by atoms with Gasteiger partial charge in [0.05, 0.1) is 12.8 Å². The molecule has 2 N–H and O–H groups in total. The second-order valence-corrected chi connectivity index (χ2v) is 6.19. The fourth-order valence-corrected chi connectivity index (χ4v) is 2.67. The first-order valence-electron chi connectivity index (χ1n) is 9.50. The number of guanidine groups is 1. The Morgan fingerprint density at radius 3 is 2.69 bits per heavy atom. The molecule has 0 unspecified atom stereocenters. The molecular formula is C22H27IN4O2. The van der Waals surface area contributed by atoms with Crippen molar-refractivity contribution >= 4 is 29.9 Å². The van der Waals surface area contributed by atoms with E-state index in [4.69, 9.17) is 9.15 Å². The van der Waals surface area contributed by atoms with Crippen LogP contribution in [-0.4, -0.2) is 24.0 Å². The summed E-state index contributed by atoms with van der Waals surface area (Å²) in [6.07, 6.45) is 4.23. The fraction of sp³-hybridized carbons (Fsp3) is 0.273. The molecule has 3 aromatic rings. The van der Waals surface area contributed by atoms with Crippen LogP contribution in [0.4, 0.5) is 0 Å². The van der Waals surface area contributed by atoms with Crippen molar-refractivity contribution in [2.45, 2.75) is 26.5 Å². The van der Waals surface area contributed by atoms with Gasteiger partial charge in [0.1, 0.15) is 12.4 Å². The Morgan fingerprint density at radius 2 is 1.93 bits per heavy atom. The summed E-state index contributed by atoms with van der Waals surface area (Å²) in [7, 11) is 0. The van der Waals surface area contributed by atoms with Gasteiger partial charge < -0.3 is 19.8 Å². The van der Waals surface area contributed by atoms with E-state index in [1.807, 2.05) is 61.5 Å². The number of hydrogen-bond acceptors (Lipinski definition) is 4. The number of hydrogen-bond donors (Lipinski definition) is 2. The summed E-state index contributed by atoms with van der Waals surface area (Å²) < 4.78 is 11.3. The van der Waals surface area contributed by atoms with Crippen molar-refractivity contribution in [3.63, 3.8) is 0 Å². The molecule has 0 radical (unpaired) electrons. The van der Waals surface area contributed by atoms with Crippen molar-refractivity contribution in [3.05, 3.63) is 83.9 Å². The number of halogens is 1. The molecule has 1 aromatic carbocycles. The Morgan fingerprint density at radius 1 is 1.07 bits per heavy atom. The maximum Gasteiger partial charge on any atom is 0.218 e. The second kappa shape index (κ2) is 12.8. The van der Waals surface area contributed by atoms with Gasteiger partial charge >= 0.3 is 0 Å². The highest BCUT2D eigenvalue weighted by atomic mass is 127. The van der Waals surface area contributed by atoms with Crippen LogP contribution in [0.5, 0.6) is 5.88 Å². The molecule has 0 amide bonds. The molecule has 0 aliphatic rings. The van der Waals surface area contributed by atoms with Gasteiger partial charge in [0, 0.05) is 31.3 Å². The Bertz CT molecular complexity index is 854. The third-order valence-electron chi connectivity index (χ3n) is 4.06.